The molecular weight excluding hydrogens is 261 g/mol. The first-order chi connectivity index (χ1) is 6.66. The van der Waals surface area contributed by atoms with Gasteiger partial charge < -0.3 is 0 Å². The van der Waals surface area contributed by atoms with Gasteiger partial charge in [-0.25, -0.2) is 0 Å². The summed E-state index contributed by atoms with van der Waals surface area (Å²) in [7, 11) is 0. The normalized spacial score (nSPS) is 14.7. The van der Waals surface area contributed by atoms with Gasteiger partial charge in [0, 0.05) is 0 Å². The van der Waals surface area contributed by atoms with Crippen LogP contribution in [0.15, 0.2) is 30.3 Å². The van der Waals surface area contributed by atoms with Crippen molar-refractivity contribution >= 4 is 36.1 Å². The SMILES string of the molecule is N[C@H](CS)C(=O)[AsH](=O)c1ccccc1. The van der Waals surface area contributed by atoms with E-state index in [1.165, 1.54) is 0 Å². The molecule has 0 bridgehead atoms. The van der Waals surface area contributed by atoms with Gasteiger partial charge in [0.2, 0.25) is 0 Å². The van der Waals surface area contributed by atoms with Crippen molar-refractivity contribution in [3.8, 4) is 0 Å². The van der Waals surface area contributed by atoms with Crippen LogP contribution in [0.25, 0.3) is 0 Å². The van der Waals surface area contributed by atoms with Gasteiger partial charge in [-0.3, -0.25) is 0 Å². The van der Waals surface area contributed by atoms with E-state index < -0.39 is 20.6 Å². The summed E-state index contributed by atoms with van der Waals surface area (Å²) >= 11 is 0.830. The second kappa shape index (κ2) is 5.44. The quantitative estimate of drug-likeness (QED) is 0.569. The molecule has 0 aromatic heterocycles. The Morgan fingerprint density at radius 2 is 2.00 bits per heavy atom. The second-order valence-corrected chi connectivity index (χ2v) is 6.84. The van der Waals surface area contributed by atoms with Gasteiger partial charge in [0.15, 0.2) is 0 Å². The Bertz CT molecular complexity index is 342. The molecule has 0 spiro atoms. The van der Waals surface area contributed by atoms with E-state index in [2.05, 4.69) is 12.6 Å². The topological polar surface area (TPSA) is 60.2 Å². The molecule has 0 aliphatic rings. The van der Waals surface area contributed by atoms with Crippen molar-refractivity contribution < 1.29 is 8.53 Å². The van der Waals surface area contributed by atoms with Crippen LogP contribution in [0.2, 0.25) is 0 Å². The van der Waals surface area contributed by atoms with Crippen molar-refractivity contribution in [3.05, 3.63) is 30.3 Å². The molecule has 0 saturated carbocycles. The third-order valence-corrected chi connectivity index (χ3v) is 5.70. The molecule has 0 aliphatic carbocycles. The van der Waals surface area contributed by atoms with Crippen LogP contribution in [-0.2, 0) is 8.53 Å². The monoisotopic (exact) mass is 273 g/mol. The van der Waals surface area contributed by atoms with Gasteiger partial charge in [-0.2, -0.15) is 0 Å². The van der Waals surface area contributed by atoms with Crippen LogP contribution in [0.1, 0.15) is 0 Å². The number of nitrogens with two attached hydrogens (primary N) is 1. The number of benzene rings is 1. The predicted molar refractivity (Wildman–Crippen MR) is 60.7 cm³/mol. The van der Waals surface area contributed by atoms with Crippen LogP contribution in [0.5, 0.6) is 0 Å². The van der Waals surface area contributed by atoms with Gasteiger partial charge >= 0.3 is 92.5 Å². The van der Waals surface area contributed by atoms with E-state index in [1.54, 1.807) is 24.3 Å². The Labute approximate surface area is 92.6 Å². The fourth-order valence-corrected chi connectivity index (χ4v) is 4.07. The van der Waals surface area contributed by atoms with E-state index in [4.69, 9.17) is 5.73 Å². The average molecular weight is 273 g/mol. The Hall–Kier alpha value is -0.442. The number of hydrogen-bond acceptors (Lipinski definition) is 4. The van der Waals surface area contributed by atoms with Crippen LogP contribution in [-0.4, -0.2) is 31.0 Å². The molecule has 0 aliphatic heterocycles. The summed E-state index contributed by atoms with van der Waals surface area (Å²) in [5.41, 5.74) is 5.47. The van der Waals surface area contributed by atoms with Crippen LogP contribution in [0.4, 0.5) is 0 Å². The zero-order chi connectivity index (χ0) is 10.6. The van der Waals surface area contributed by atoms with E-state index in [0.717, 1.165) is 0 Å². The molecule has 0 saturated heterocycles. The Balaban J connectivity index is 2.82. The number of rotatable bonds is 4. The zero-order valence-corrected chi connectivity index (χ0v) is 10.5. The summed E-state index contributed by atoms with van der Waals surface area (Å²) in [5, 5.41) is 0. The van der Waals surface area contributed by atoms with Crippen molar-refractivity contribution in [3.63, 3.8) is 0 Å². The first-order valence-corrected chi connectivity index (χ1v) is 7.75. The second-order valence-electron chi connectivity index (χ2n) is 2.85. The van der Waals surface area contributed by atoms with Gasteiger partial charge in [-0.1, -0.05) is 0 Å². The summed E-state index contributed by atoms with van der Waals surface area (Å²) in [6.07, 6.45) is 0. The number of hydrogen-bond donors (Lipinski definition) is 2. The Morgan fingerprint density at radius 1 is 1.43 bits per heavy atom. The van der Waals surface area contributed by atoms with E-state index in [-0.39, 0.29) is 10.3 Å². The fraction of sp³-hybridized carbons (Fsp3) is 0.222. The van der Waals surface area contributed by atoms with Crippen LogP contribution in [0.3, 0.4) is 0 Å². The van der Waals surface area contributed by atoms with Gasteiger partial charge in [-0.15, -0.1) is 0 Å². The third-order valence-electron chi connectivity index (χ3n) is 1.79. The van der Waals surface area contributed by atoms with Crippen molar-refractivity contribution in [2.24, 2.45) is 5.73 Å². The molecule has 1 aromatic rings. The minimum atomic E-state index is -3.07. The molecule has 76 valence electrons. The van der Waals surface area contributed by atoms with E-state index in [0.29, 0.717) is 4.35 Å². The molecule has 1 aromatic carbocycles. The van der Waals surface area contributed by atoms with Crippen molar-refractivity contribution in [2.45, 2.75) is 6.04 Å². The summed E-state index contributed by atoms with van der Waals surface area (Å²) in [4.78, 5) is 11.5. The maximum absolute atomic E-state index is 11.7. The maximum atomic E-state index is 11.7. The Kier molecular flexibility index (Phi) is 4.52. The average Bonchev–Trinajstić information content (AvgIpc) is 2.27. The van der Waals surface area contributed by atoms with E-state index >= 15 is 0 Å². The van der Waals surface area contributed by atoms with Gasteiger partial charge in [0.05, 0.1) is 0 Å². The molecule has 1 rings (SSSR count). The molecule has 0 heterocycles. The number of thiol groups is 1. The molecule has 3 nitrogen and oxygen atoms in total. The van der Waals surface area contributed by atoms with Crippen molar-refractivity contribution in [1.29, 1.82) is 0 Å². The molecule has 0 fully saturated rings. The number of carbonyl (C=O) groups is 1. The van der Waals surface area contributed by atoms with Gasteiger partial charge in [-0.05, 0) is 0 Å². The molecule has 2 N–H and O–H groups in total. The standard InChI is InChI=1S/C9H12AsNO2S/c11-8(6-14)9(12)10(13)7-4-2-1-3-5-7/h1-5,8,10,14H,6,11H2/t8-/m1/s1. The van der Waals surface area contributed by atoms with Crippen LogP contribution < -0.4 is 10.1 Å². The first kappa shape index (κ1) is 11.6. The minimum absolute atomic E-state index is 0.240. The number of carbonyl (C=O) groups excluding carboxylic acids is 1. The Morgan fingerprint density at radius 3 is 2.50 bits per heavy atom. The van der Waals surface area contributed by atoms with Crippen LogP contribution >= 0.6 is 12.6 Å². The molecule has 0 radical (unpaired) electrons. The molecule has 5 heteroatoms. The molecule has 0 amide bonds. The van der Waals surface area contributed by atoms with E-state index in [9.17, 15) is 8.53 Å². The summed E-state index contributed by atoms with van der Waals surface area (Å²) in [6, 6.07) is 8.04. The third kappa shape index (κ3) is 2.77. The summed E-state index contributed by atoms with van der Waals surface area (Å²) < 4.78 is 12.0. The van der Waals surface area contributed by atoms with Gasteiger partial charge in [0.1, 0.15) is 0 Å². The van der Waals surface area contributed by atoms with E-state index in [1.807, 2.05) is 6.07 Å². The van der Waals surface area contributed by atoms with Gasteiger partial charge in [0.25, 0.3) is 0 Å². The summed E-state index contributed by atoms with van der Waals surface area (Å²) in [5.74, 6) is 0.240. The molecule has 1 unspecified atom stereocenters. The van der Waals surface area contributed by atoms with Crippen molar-refractivity contribution in [2.75, 3.05) is 5.75 Å². The molecular formula is C9H12AsNO2S. The summed E-state index contributed by atoms with van der Waals surface area (Å²) in [6.45, 7) is 0. The van der Waals surface area contributed by atoms with Crippen LogP contribution in [0, 0.1) is 0 Å². The molecule has 2 atom stereocenters. The molecule has 14 heavy (non-hydrogen) atoms. The van der Waals surface area contributed by atoms with Crippen molar-refractivity contribution in [1.82, 2.24) is 0 Å². The zero-order valence-electron chi connectivity index (χ0n) is 7.51. The fourth-order valence-electron chi connectivity index (χ4n) is 0.983. The predicted octanol–water partition coefficient (Wildman–Crippen LogP) is -0.587. The first-order valence-electron chi connectivity index (χ1n) is 4.17.